The first-order valence-corrected chi connectivity index (χ1v) is 5.86. The van der Waals surface area contributed by atoms with Crippen LogP contribution in [0.2, 0.25) is 0 Å². The average molecular weight is 299 g/mol. The maximum atomic E-state index is 10.8. The average Bonchev–Trinajstić information content (AvgIpc) is 2.92. The molecule has 0 amide bonds. The first-order valence-electron chi connectivity index (χ1n) is 5.86. The van der Waals surface area contributed by atoms with Crippen LogP contribution in [-0.2, 0) is 6.54 Å². The maximum absolute atomic E-state index is 10.8. The highest BCUT2D eigenvalue weighted by molar-refractivity contribution is 5.85. The van der Waals surface area contributed by atoms with Gasteiger partial charge < -0.3 is 14.5 Å². The molecule has 1 N–H and O–H groups in total. The Kier molecular flexibility index (Phi) is 6.55. The van der Waals surface area contributed by atoms with E-state index in [-0.39, 0.29) is 23.8 Å². The van der Waals surface area contributed by atoms with Gasteiger partial charge in [0.15, 0.2) is 5.75 Å². The number of hydrogen-bond acceptors (Lipinski definition) is 5. The summed E-state index contributed by atoms with van der Waals surface area (Å²) in [5.41, 5.74) is -0.0199. The van der Waals surface area contributed by atoms with E-state index in [2.05, 4.69) is 5.32 Å². The Morgan fingerprint density at radius 1 is 1.25 bits per heavy atom. The van der Waals surface area contributed by atoms with Gasteiger partial charge in [0, 0.05) is 12.6 Å². The fourth-order valence-electron chi connectivity index (χ4n) is 1.59. The summed E-state index contributed by atoms with van der Waals surface area (Å²) in [6.07, 6.45) is 1.61. The van der Waals surface area contributed by atoms with Crippen LogP contribution in [0.4, 0.5) is 5.69 Å². The van der Waals surface area contributed by atoms with Crippen molar-refractivity contribution in [2.75, 3.05) is 13.2 Å². The first-order chi connectivity index (χ1) is 9.27. The molecule has 0 unspecified atom stereocenters. The number of nitrogens with one attached hydrogen (secondary N) is 1. The molecule has 2 aromatic rings. The first kappa shape index (κ1) is 16.0. The summed E-state index contributed by atoms with van der Waals surface area (Å²) in [5.74, 6) is 1.12. The highest BCUT2D eigenvalue weighted by Crippen LogP contribution is 2.25. The molecule has 1 heterocycles. The van der Waals surface area contributed by atoms with Gasteiger partial charge in [0.25, 0.3) is 0 Å². The largest absolute Gasteiger partial charge is 0.485 e. The van der Waals surface area contributed by atoms with Gasteiger partial charge in [0.05, 0.1) is 17.7 Å². The van der Waals surface area contributed by atoms with Crippen molar-refractivity contribution in [2.45, 2.75) is 6.54 Å². The minimum Gasteiger partial charge on any atom is -0.485 e. The molecule has 0 saturated heterocycles. The number of furan rings is 1. The fraction of sp³-hybridized carbons (Fsp3) is 0.231. The van der Waals surface area contributed by atoms with Crippen LogP contribution in [0.5, 0.6) is 5.75 Å². The van der Waals surface area contributed by atoms with E-state index in [1.165, 1.54) is 6.07 Å². The van der Waals surface area contributed by atoms with Gasteiger partial charge in [-0.25, -0.2) is 0 Å². The van der Waals surface area contributed by atoms with Crippen LogP contribution in [0.1, 0.15) is 5.76 Å². The lowest BCUT2D eigenvalue weighted by Crippen LogP contribution is -2.20. The number of nitro benzene ring substituents is 1. The van der Waals surface area contributed by atoms with Gasteiger partial charge in [0.2, 0.25) is 0 Å². The molecular weight excluding hydrogens is 284 g/mol. The Hall–Kier alpha value is -2.05. The van der Waals surface area contributed by atoms with Crippen LogP contribution in [0.25, 0.3) is 0 Å². The van der Waals surface area contributed by atoms with E-state index in [0.29, 0.717) is 19.7 Å². The van der Waals surface area contributed by atoms with Crippen LogP contribution in [0.15, 0.2) is 47.1 Å². The number of ether oxygens (including phenoxy) is 1. The van der Waals surface area contributed by atoms with Crippen molar-refractivity contribution in [1.29, 1.82) is 0 Å². The summed E-state index contributed by atoms with van der Waals surface area (Å²) in [7, 11) is 0. The van der Waals surface area contributed by atoms with E-state index in [4.69, 9.17) is 9.15 Å². The topological polar surface area (TPSA) is 77.5 Å². The normalized spacial score (nSPS) is 9.80. The number of para-hydroxylation sites is 2. The van der Waals surface area contributed by atoms with E-state index in [1.807, 2.05) is 12.1 Å². The zero-order chi connectivity index (χ0) is 13.5. The fourth-order valence-corrected chi connectivity index (χ4v) is 1.59. The van der Waals surface area contributed by atoms with Crippen molar-refractivity contribution in [1.82, 2.24) is 5.32 Å². The van der Waals surface area contributed by atoms with Crippen molar-refractivity contribution in [3.05, 3.63) is 58.5 Å². The van der Waals surface area contributed by atoms with E-state index in [9.17, 15) is 10.1 Å². The number of nitrogens with zero attached hydrogens (tertiary/aromatic N) is 1. The Morgan fingerprint density at radius 2 is 2.05 bits per heavy atom. The number of benzene rings is 1. The van der Waals surface area contributed by atoms with Crippen LogP contribution < -0.4 is 10.1 Å². The summed E-state index contributed by atoms with van der Waals surface area (Å²) in [4.78, 5) is 10.3. The molecule has 2 rings (SSSR count). The molecule has 0 fully saturated rings. The second-order valence-electron chi connectivity index (χ2n) is 3.83. The molecule has 6 nitrogen and oxygen atoms in total. The number of nitro groups is 1. The quantitative estimate of drug-likeness (QED) is 0.483. The summed E-state index contributed by atoms with van der Waals surface area (Å²) in [5, 5.41) is 13.9. The van der Waals surface area contributed by atoms with E-state index < -0.39 is 4.92 Å². The van der Waals surface area contributed by atoms with Gasteiger partial charge in [-0.15, -0.1) is 12.4 Å². The molecule has 0 aliphatic carbocycles. The standard InChI is InChI=1S/C13H14N2O4.ClH/c16-15(17)12-5-1-2-6-13(12)19-9-7-14-10-11-4-3-8-18-11;/h1-6,8,14H,7,9-10H2;1H. The minimum atomic E-state index is -0.453. The predicted molar refractivity (Wildman–Crippen MR) is 76.3 cm³/mol. The molecular formula is C13H15ClN2O4. The highest BCUT2D eigenvalue weighted by Gasteiger charge is 2.12. The molecule has 0 aliphatic rings. The highest BCUT2D eigenvalue weighted by atomic mass is 35.5. The Labute approximate surface area is 122 Å². The zero-order valence-corrected chi connectivity index (χ0v) is 11.5. The van der Waals surface area contributed by atoms with Crippen molar-refractivity contribution in [2.24, 2.45) is 0 Å². The van der Waals surface area contributed by atoms with Gasteiger partial charge in [-0.1, -0.05) is 12.1 Å². The molecule has 1 aromatic carbocycles. The predicted octanol–water partition coefficient (Wildman–Crippen LogP) is 2.78. The molecule has 0 aliphatic heterocycles. The van der Waals surface area contributed by atoms with E-state index >= 15 is 0 Å². The van der Waals surface area contributed by atoms with E-state index in [1.54, 1.807) is 24.5 Å². The molecule has 108 valence electrons. The molecule has 0 bridgehead atoms. The lowest BCUT2D eigenvalue weighted by atomic mass is 10.3. The molecule has 0 atom stereocenters. The summed E-state index contributed by atoms with van der Waals surface area (Å²) < 4.78 is 10.5. The lowest BCUT2D eigenvalue weighted by Gasteiger charge is -2.07. The SMILES string of the molecule is Cl.O=[N+]([O-])c1ccccc1OCCNCc1ccco1. The van der Waals surface area contributed by atoms with Crippen LogP contribution in [-0.4, -0.2) is 18.1 Å². The van der Waals surface area contributed by atoms with Gasteiger partial charge in [-0.2, -0.15) is 0 Å². The molecule has 0 spiro atoms. The van der Waals surface area contributed by atoms with E-state index in [0.717, 1.165) is 5.76 Å². The molecule has 0 saturated carbocycles. The number of halogens is 1. The minimum absolute atomic E-state index is 0. The Morgan fingerprint density at radius 3 is 2.75 bits per heavy atom. The molecule has 20 heavy (non-hydrogen) atoms. The van der Waals surface area contributed by atoms with Crippen LogP contribution in [0.3, 0.4) is 0 Å². The number of hydrogen-bond donors (Lipinski definition) is 1. The third-order valence-corrected chi connectivity index (χ3v) is 2.48. The van der Waals surface area contributed by atoms with Gasteiger partial charge in [0.1, 0.15) is 12.4 Å². The molecule has 7 heteroatoms. The van der Waals surface area contributed by atoms with Crippen molar-refractivity contribution >= 4 is 18.1 Å². The van der Waals surface area contributed by atoms with Crippen LogP contribution >= 0.6 is 12.4 Å². The van der Waals surface area contributed by atoms with Crippen molar-refractivity contribution in [3.8, 4) is 5.75 Å². The maximum Gasteiger partial charge on any atom is 0.310 e. The third kappa shape index (κ3) is 4.56. The smallest absolute Gasteiger partial charge is 0.310 e. The zero-order valence-electron chi connectivity index (χ0n) is 10.7. The summed E-state index contributed by atoms with van der Waals surface area (Å²) in [6, 6.07) is 10.0. The van der Waals surface area contributed by atoms with Crippen LogP contribution in [0, 0.1) is 10.1 Å². The third-order valence-electron chi connectivity index (χ3n) is 2.48. The van der Waals surface area contributed by atoms with Gasteiger partial charge in [-0.3, -0.25) is 10.1 Å². The Bertz CT molecular complexity index is 531. The monoisotopic (exact) mass is 298 g/mol. The molecule has 1 aromatic heterocycles. The van der Waals surface area contributed by atoms with Crippen molar-refractivity contribution < 1.29 is 14.1 Å². The summed E-state index contributed by atoms with van der Waals surface area (Å²) >= 11 is 0. The second kappa shape index (κ2) is 8.19. The van der Waals surface area contributed by atoms with Gasteiger partial charge >= 0.3 is 5.69 Å². The lowest BCUT2D eigenvalue weighted by molar-refractivity contribution is -0.385. The number of rotatable bonds is 7. The second-order valence-corrected chi connectivity index (χ2v) is 3.83. The molecule has 0 radical (unpaired) electrons. The Balaban J connectivity index is 0.00000200. The summed E-state index contributed by atoms with van der Waals surface area (Å²) in [6.45, 7) is 1.53. The van der Waals surface area contributed by atoms with Gasteiger partial charge in [-0.05, 0) is 18.2 Å². The van der Waals surface area contributed by atoms with Crippen molar-refractivity contribution in [3.63, 3.8) is 0 Å².